The van der Waals surface area contributed by atoms with Crippen LogP contribution in [-0.4, -0.2) is 4.98 Å². The van der Waals surface area contributed by atoms with E-state index in [1.807, 2.05) is 6.07 Å². The number of nitriles is 1. The fourth-order valence-electron chi connectivity index (χ4n) is 0.707. The van der Waals surface area contributed by atoms with Crippen LogP contribution >= 0.6 is 11.6 Å². The summed E-state index contributed by atoms with van der Waals surface area (Å²) in [6.45, 7) is 0. The van der Waals surface area contributed by atoms with Gasteiger partial charge in [-0.1, -0.05) is 11.6 Å². The molecular formula is C8H6ClN3. The lowest BCUT2D eigenvalue weighted by Crippen LogP contribution is -1.89. The maximum absolute atomic E-state index is 8.24. The first kappa shape index (κ1) is 8.57. The van der Waals surface area contributed by atoms with E-state index in [0.717, 1.165) is 5.56 Å². The Balaban J connectivity index is 2.99. The molecule has 3 nitrogen and oxygen atoms in total. The molecule has 0 unspecified atom stereocenters. The molecule has 0 aliphatic rings. The minimum absolute atomic E-state index is 0.282. The van der Waals surface area contributed by atoms with Crippen LogP contribution in [0, 0.1) is 11.3 Å². The third kappa shape index (κ3) is 1.97. The summed E-state index contributed by atoms with van der Waals surface area (Å²) in [5, 5.41) is 8.52. The van der Waals surface area contributed by atoms with Gasteiger partial charge in [-0.25, -0.2) is 4.98 Å². The lowest BCUT2D eigenvalue weighted by atomic mass is 10.2. The van der Waals surface area contributed by atoms with E-state index in [9.17, 15) is 0 Å². The second kappa shape index (κ2) is 3.74. The Morgan fingerprint density at radius 2 is 2.42 bits per heavy atom. The molecule has 0 aromatic carbocycles. The van der Waals surface area contributed by atoms with E-state index < -0.39 is 0 Å². The largest absolute Gasteiger partial charge is 0.396 e. The van der Waals surface area contributed by atoms with Crippen LogP contribution < -0.4 is 5.73 Å². The fraction of sp³-hybridized carbons (Fsp3) is 0. The number of hydrogen-bond donors (Lipinski definition) is 1. The van der Waals surface area contributed by atoms with E-state index in [-0.39, 0.29) is 5.15 Å². The molecule has 1 heterocycles. The van der Waals surface area contributed by atoms with Gasteiger partial charge in [0.1, 0.15) is 0 Å². The van der Waals surface area contributed by atoms with Crippen LogP contribution in [0.4, 0.5) is 5.69 Å². The number of nitrogen functional groups attached to an aromatic ring is 1. The second-order valence-electron chi connectivity index (χ2n) is 2.11. The molecule has 12 heavy (non-hydrogen) atoms. The van der Waals surface area contributed by atoms with Crippen molar-refractivity contribution >= 4 is 23.4 Å². The molecule has 60 valence electrons. The summed E-state index contributed by atoms with van der Waals surface area (Å²) >= 11 is 5.59. The number of nitrogens with zero attached hydrogens (tertiary/aromatic N) is 2. The van der Waals surface area contributed by atoms with Gasteiger partial charge in [-0.15, -0.1) is 0 Å². The third-order valence-electron chi connectivity index (χ3n) is 1.24. The number of rotatable bonds is 1. The minimum atomic E-state index is 0.282. The number of hydrogen-bond acceptors (Lipinski definition) is 3. The molecular weight excluding hydrogens is 174 g/mol. The van der Waals surface area contributed by atoms with Crippen LogP contribution in [0.5, 0.6) is 0 Å². The van der Waals surface area contributed by atoms with Crippen molar-refractivity contribution in [3.05, 3.63) is 29.1 Å². The summed E-state index contributed by atoms with van der Waals surface area (Å²) in [6.07, 6.45) is 4.51. The van der Waals surface area contributed by atoms with Gasteiger partial charge in [0.05, 0.1) is 11.8 Å². The molecule has 4 heteroatoms. The minimum Gasteiger partial charge on any atom is -0.396 e. The van der Waals surface area contributed by atoms with Gasteiger partial charge in [-0.3, -0.25) is 0 Å². The molecule has 0 fully saturated rings. The highest BCUT2D eigenvalue weighted by Crippen LogP contribution is 2.16. The number of pyridine rings is 1. The number of nitrogens with two attached hydrogens (primary N) is 1. The van der Waals surface area contributed by atoms with Gasteiger partial charge in [0, 0.05) is 12.3 Å². The van der Waals surface area contributed by atoms with Crippen molar-refractivity contribution in [1.29, 1.82) is 5.26 Å². The van der Waals surface area contributed by atoms with E-state index in [1.165, 1.54) is 6.08 Å². The monoisotopic (exact) mass is 179 g/mol. The summed E-state index contributed by atoms with van der Waals surface area (Å²) in [6, 6.07) is 3.52. The van der Waals surface area contributed by atoms with E-state index in [0.29, 0.717) is 5.69 Å². The number of aromatic nitrogens is 1. The normalized spacial score (nSPS) is 10.0. The van der Waals surface area contributed by atoms with Gasteiger partial charge in [0.25, 0.3) is 0 Å². The third-order valence-corrected chi connectivity index (χ3v) is 1.55. The van der Waals surface area contributed by atoms with Gasteiger partial charge in [-0.05, 0) is 17.7 Å². The van der Waals surface area contributed by atoms with Crippen molar-refractivity contribution in [3.8, 4) is 6.07 Å². The Hall–Kier alpha value is -1.53. The van der Waals surface area contributed by atoms with Gasteiger partial charge in [-0.2, -0.15) is 5.26 Å². The van der Waals surface area contributed by atoms with Crippen molar-refractivity contribution in [3.63, 3.8) is 0 Å². The Labute approximate surface area is 75.1 Å². The smallest absolute Gasteiger partial charge is 0.151 e. The van der Waals surface area contributed by atoms with Crippen LogP contribution in [0.1, 0.15) is 5.56 Å². The Morgan fingerprint density at radius 1 is 1.67 bits per heavy atom. The van der Waals surface area contributed by atoms with Crippen molar-refractivity contribution in [2.45, 2.75) is 0 Å². The Morgan fingerprint density at radius 3 is 3.00 bits per heavy atom. The zero-order valence-corrected chi connectivity index (χ0v) is 6.92. The predicted octanol–water partition coefficient (Wildman–Crippen LogP) is 1.85. The van der Waals surface area contributed by atoms with E-state index in [2.05, 4.69) is 4.98 Å². The maximum atomic E-state index is 8.24. The van der Waals surface area contributed by atoms with Crippen molar-refractivity contribution in [2.24, 2.45) is 0 Å². The van der Waals surface area contributed by atoms with Crippen LogP contribution in [0.3, 0.4) is 0 Å². The van der Waals surface area contributed by atoms with Gasteiger partial charge < -0.3 is 5.73 Å². The zero-order valence-electron chi connectivity index (χ0n) is 6.16. The first-order valence-corrected chi connectivity index (χ1v) is 3.59. The highest BCUT2D eigenvalue weighted by Gasteiger charge is 1.95. The molecule has 0 bridgehead atoms. The standard InChI is InChI=1S/C8H6ClN3/c9-8-7(11)4-6(5-12-8)2-1-3-10/h1-2,4-5H,11H2. The average molecular weight is 180 g/mol. The lowest BCUT2D eigenvalue weighted by Gasteiger charge is -1.96. The zero-order chi connectivity index (χ0) is 8.97. The van der Waals surface area contributed by atoms with E-state index in [4.69, 9.17) is 22.6 Å². The van der Waals surface area contributed by atoms with Crippen molar-refractivity contribution in [1.82, 2.24) is 4.98 Å². The van der Waals surface area contributed by atoms with E-state index >= 15 is 0 Å². The molecule has 1 aromatic heterocycles. The van der Waals surface area contributed by atoms with Crippen LogP contribution in [0.15, 0.2) is 18.3 Å². The van der Waals surface area contributed by atoms with Gasteiger partial charge >= 0.3 is 0 Å². The van der Waals surface area contributed by atoms with Crippen molar-refractivity contribution in [2.75, 3.05) is 5.73 Å². The lowest BCUT2D eigenvalue weighted by molar-refractivity contribution is 1.32. The topological polar surface area (TPSA) is 62.7 Å². The summed E-state index contributed by atoms with van der Waals surface area (Å²) in [4.78, 5) is 3.81. The molecule has 0 amide bonds. The quantitative estimate of drug-likeness (QED) is 0.529. The molecule has 0 saturated carbocycles. The number of halogens is 1. The molecule has 0 spiro atoms. The molecule has 0 radical (unpaired) electrons. The molecule has 0 aliphatic carbocycles. The molecule has 0 aliphatic heterocycles. The highest BCUT2D eigenvalue weighted by atomic mass is 35.5. The first-order valence-electron chi connectivity index (χ1n) is 3.21. The van der Waals surface area contributed by atoms with Crippen molar-refractivity contribution < 1.29 is 0 Å². The molecule has 0 atom stereocenters. The molecule has 0 saturated heterocycles. The maximum Gasteiger partial charge on any atom is 0.151 e. The Kier molecular flexibility index (Phi) is 2.67. The predicted molar refractivity (Wildman–Crippen MR) is 48.3 cm³/mol. The molecule has 1 rings (SSSR count). The summed E-state index contributed by atoms with van der Waals surface area (Å²) in [7, 11) is 0. The molecule has 1 aromatic rings. The Bertz CT molecular complexity index is 352. The second-order valence-corrected chi connectivity index (χ2v) is 2.47. The summed E-state index contributed by atoms with van der Waals surface area (Å²) < 4.78 is 0. The van der Waals surface area contributed by atoms with Crippen LogP contribution in [0.25, 0.3) is 6.08 Å². The summed E-state index contributed by atoms with van der Waals surface area (Å²) in [5.41, 5.74) is 6.66. The summed E-state index contributed by atoms with van der Waals surface area (Å²) in [5.74, 6) is 0. The van der Waals surface area contributed by atoms with Crippen LogP contribution in [-0.2, 0) is 0 Å². The SMILES string of the molecule is N#CC=Cc1cnc(Cl)c(N)c1. The average Bonchev–Trinajstić information content (AvgIpc) is 2.07. The number of anilines is 1. The molecule has 2 N–H and O–H groups in total. The van der Waals surface area contributed by atoms with Gasteiger partial charge in [0.2, 0.25) is 0 Å². The van der Waals surface area contributed by atoms with E-state index in [1.54, 1.807) is 18.3 Å². The number of allylic oxidation sites excluding steroid dienone is 1. The first-order chi connectivity index (χ1) is 5.74. The highest BCUT2D eigenvalue weighted by molar-refractivity contribution is 6.31. The van der Waals surface area contributed by atoms with Crippen LogP contribution in [0.2, 0.25) is 5.15 Å². The van der Waals surface area contributed by atoms with Gasteiger partial charge in [0.15, 0.2) is 5.15 Å². The fourth-order valence-corrected chi connectivity index (χ4v) is 0.810.